The molecule has 6 nitrogen and oxygen atoms in total. The summed E-state index contributed by atoms with van der Waals surface area (Å²) in [5.74, 6) is -0.0247. The van der Waals surface area contributed by atoms with Gasteiger partial charge in [-0.2, -0.15) is 5.26 Å². The number of amides is 1. The van der Waals surface area contributed by atoms with Crippen molar-refractivity contribution in [1.29, 1.82) is 5.26 Å². The van der Waals surface area contributed by atoms with E-state index in [1.54, 1.807) is 29.4 Å². The van der Waals surface area contributed by atoms with E-state index in [9.17, 15) is 10.1 Å². The summed E-state index contributed by atoms with van der Waals surface area (Å²) in [6.07, 6.45) is 5.86. The van der Waals surface area contributed by atoms with E-state index >= 15 is 0 Å². The first-order valence-electron chi connectivity index (χ1n) is 7.33. The molecule has 1 amide bonds. The Labute approximate surface area is 128 Å². The molecule has 1 fully saturated rings. The van der Waals surface area contributed by atoms with E-state index in [4.69, 9.17) is 0 Å². The summed E-state index contributed by atoms with van der Waals surface area (Å²) in [4.78, 5) is 12.4. The second kappa shape index (κ2) is 5.60. The molecule has 1 saturated carbocycles. The minimum absolute atomic E-state index is 0.178. The number of nitrogens with zero attached hydrogens (tertiary/aromatic N) is 4. The highest BCUT2D eigenvalue weighted by Gasteiger charge is 2.41. The van der Waals surface area contributed by atoms with Crippen molar-refractivity contribution in [2.45, 2.75) is 31.7 Å². The van der Waals surface area contributed by atoms with Gasteiger partial charge in [0.25, 0.3) is 5.91 Å². The molecule has 0 radical (unpaired) electrons. The Hall–Kier alpha value is -2.68. The fourth-order valence-corrected chi connectivity index (χ4v) is 2.95. The smallest absolute Gasteiger partial charge is 0.252 e. The molecule has 0 aliphatic heterocycles. The Kier molecular flexibility index (Phi) is 3.63. The van der Waals surface area contributed by atoms with Crippen LogP contribution in [0, 0.1) is 17.2 Å². The van der Waals surface area contributed by atoms with Crippen LogP contribution in [0.2, 0.25) is 0 Å². The first-order valence-corrected chi connectivity index (χ1v) is 7.33. The van der Waals surface area contributed by atoms with Crippen LogP contribution in [0.25, 0.3) is 5.69 Å². The molecule has 1 aliphatic rings. The van der Waals surface area contributed by atoms with Gasteiger partial charge in [0.05, 0.1) is 6.07 Å². The summed E-state index contributed by atoms with van der Waals surface area (Å²) in [5.41, 5.74) is 0.695. The fourth-order valence-electron chi connectivity index (χ4n) is 2.95. The zero-order chi connectivity index (χ0) is 15.6. The average molecular weight is 295 g/mol. The number of rotatable bonds is 3. The number of aromatic nitrogens is 3. The highest BCUT2D eigenvalue weighted by molar-refractivity contribution is 5.95. The third kappa shape index (κ3) is 2.46. The molecule has 6 heteroatoms. The molecule has 1 heterocycles. The van der Waals surface area contributed by atoms with Crippen molar-refractivity contribution in [2.75, 3.05) is 0 Å². The highest BCUT2D eigenvalue weighted by atomic mass is 16.1. The lowest BCUT2D eigenvalue weighted by molar-refractivity contribution is 0.0906. The molecule has 2 atom stereocenters. The van der Waals surface area contributed by atoms with Crippen molar-refractivity contribution in [3.8, 4) is 11.8 Å². The molecular weight excluding hydrogens is 278 g/mol. The number of nitrogens with one attached hydrogen (secondary N) is 1. The zero-order valence-electron chi connectivity index (χ0n) is 12.4. The summed E-state index contributed by atoms with van der Waals surface area (Å²) in [7, 11) is 0. The van der Waals surface area contributed by atoms with Crippen LogP contribution < -0.4 is 5.32 Å². The van der Waals surface area contributed by atoms with Gasteiger partial charge in [-0.15, -0.1) is 10.2 Å². The Bertz CT molecular complexity index is 701. The molecule has 0 bridgehead atoms. The number of hydrogen-bond acceptors (Lipinski definition) is 4. The van der Waals surface area contributed by atoms with Crippen molar-refractivity contribution in [3.05, 3.63) is 42.5 Å². The summed E-state index contributed by atoms with van der Waals surface area (Å²) in [5, 5.41) is 19.9. The molecule has 3 rings (SSSR count). The first kappa shape index (κ1) is 14.3. The summed E-state index contributed by atoms with van der Waals surface area (Å²) in [6, 6.07) is 9.46. The number of hydrogen-bond donors (Lipinski definition) is 1. The van der Waals surface area contributed by atoms with Crippen molar-refractivity contribution in [1.82, 2.24) is 20.1 Å². The highest BCUT2D eigenvalue weighted by Crippen LogP contribution is 2.35. The topological polar surface area (TPSA) is 83.6 Å². The lowest BCUT2D eigenvalue weighted by Gasteiger charge is -2.27. The van der Waals surface area contributed by atoms with Crippen LogP contribution in [0.5, 0.6) is 0 Å². The Balaban J connectivity index is 1.77. The van der Waals surface area contributed by atoms with E-state index in [0.29, 0.717) is 5.56 Å². The van der Waals surface area contributed by atoms with Crippen LogP contribution in [0.4, 0.5) is 0 Å². The van der Waals surface area contributed by atoms with E-state index in [0.717, 1.165) is 24.9 Å². The molecule has 2 aromatic rings. The number of benzene rings is 1. The fraction of sp³-hybridized carbons (Fsp3) is 0.375. The molecule has 1 aliphatic carbocycles. The molecule has 22 heavy (non-hydrogen) atoms. The van der Waals surface area contributed by atoms with Gasteiger partial charge in [0, 0.05) is 11.3 Å². The first-order chi connectivity index (χ1) is 10.6. The van der Waals surface area contributed by atoms with Gasteiger partial charge in [-0.1, -0.05) is 6.92 Å². The second-order valence-electron chi connectivity index (χ2n) is 5.75. The van der Waals surface area contributed by atoms with Gasteiger partial charge < -0.3 is 5.32 Å². The molecule has 112 valence electrons. The maximum Gasteiger partial charge on any atom is 0.252 e. The maximum absolute atomic E-state index is 12.4. The quantitative estimate of drug-likeness (QED) is 0.939. The Morgan fingerprint density at radius 3 is 2.59 bits per heavy atom. The van der Waals surface area contributed by atoms with E-state index in [2.05, 4.69) is 21.6 Å². The van der Waals surface area contributed by atoms with E-state index in [1.807, 2.05) is 19.1 Å². The lowest BCUT2D eigenvalue weighted by Crippen LogP contribution is -2.49. The normalized spacial score (nSPS) is 23.9. The van der Waals surface area contributed by atoms with Crippen LogP contribution in [0.3, 0.4) is 0 Å². The van der Waals surface area contributed by atoms with Gasteiger partial charge in [-0.25, -0.2) is 0 Å². The standard InChI is InChI=1S/C16H17N5O/c1-12-3-2-8-16(12,9-17)20-15(22)13-4-6-14(7-5-13)21-10-18-19-11-21/h4-7,10-12H,2-3,8H2,1H3,(H,20,22)/t12-,16-/m0/s1. The predicted molar refractivity (Wildman–Crippen MR) is 80.2 cm³/mol. The van der Waals surface area contributed by atoms with Gasteiger partial charge in [0.15, 0.2) is 0 Å². The molecule has 1 aromatic heterocycles. The average Bonchev–Trinajstić information content (AvgIpc) is 3.18. The van der Waals surface area contributed by atoms with Gasteiger partial charge in [-0.05, 0) is 49.4 Å². The van der Waals surface area contributed by atoms with Gasteiger partial charge >= 0.3 is 0 Å². The predicted octanol–water partition coefficient (Wildman–Crippen LogP) is 2.08. The van der Waals surface area contributed by atoms with Crippen molar-refractivity contribution in [2.24, 2.45) is 5.92 Å². The van der Waals surface area contributed by atoms with Gasteiger partial charge in [-0.3, -0.25) is 9.36 Å². The van der Waals surface area contributed by atoms with Crippen LogP contribution in [0.15, 0.2) is 36.9 Å². The van der Waals surface area contributed by atoms with E-state index in [-0.39, 0.29) is 11.8 Å². The van der Waals surface area contributed by atoms with Crippen LogP contribution in [0.1, 0.15) is 36.5 Å². The molecular formula is C16H17N5O. The zero-order valence-corrected chi connectivity index (χ0v) is 12.4. The van der Waals surface area contributed by atoms with Gasteiger partial charge in [0.2, 0.25) is 0 Å². The Morgan fingerprint density at radius 2 is 2.05 bits per heavy atom. The van der Waals surface area contributed by atoms with Crippen LogP contribution >= 0.6 is 0 Å². The van der Waals surface area contributed by atoms with E-state index in [1.165, 1.54) is 0 Å². The lowest BCUT2D eigenvalue weighted by atomic mass is 9.89. The van der Waals surface area contributed by atoms with Crippen molar-refractivity contribution >= 4 is 5.91 Å². The van der Waals surface area contributed by atoms with Crippen LogP contribution in [-0.2, 0) is 0 Å². The molecule has 0 saturated heterocycles. The SMILES string of the molecule is C[C@H]1CCC[C@@]1(C#N)NC(=O)c1ccc(-n2cnnc2)cc1. The minimum atomic E-state index is -0.732. The third-order valence-corrected chi connectivity index (χ3v) is 4.43. The van der Waals surface area contributed by atoms with Crippen molar-refractivity contribution < 1.29 is 4.79 Å². The number of carbonyl (C=O) groups excluding carboxylic acids is 1. The third-order valence-electron chi connectivity index (χ3n) is 4.43. The minimum Gasteiger partial charge on any atom is -0.333 e. The maximum atomic E-state index is 12.4. The number of nitriles is 1. The number of carbonyl (C=O) groups is 1. The summed E-state index contributed by atoms with van der Waals surface area (Å²) < 4.78 is 1.76. The molecule has 0 unspecified atom stereocenters. The molecule has 1 N–H and O–H groups in total. The monoisotopic (exact) mass is 295 g/mol. The molecule has 0 spiro atoms. The second-order valence-corrected chi connectivity index (χ2v) is 5.75. The summed E-state index contributed by atoms with van der Waals surface area (Å²) in [6.45, 7) is 2.02. The van der Waals surface area contributed by atoms with E-state index < -0.39 is 5.54 Å². The van der Waals surface area contributed by atoms with Gasteiger partial charge in [0.1, 0.15) is 18.2 Å². The summed E-state index contributed by atoms with van der Waals surface area (Å²) >= 11 is 0. The van der Waals surface area contributed by atoms with Crippen molar-refractivity contribution in [3.63, 3.8) is 0 Å². The Morgan fingerprint density at radius 1 is 1.36 bits per heavy atom. The molecule has 1 aromatic carbocycles. The largest absolute Gasteiger partial charge is 0.333 e. The van der Waals surface area contributed by atoms with Crippen LogP contribution in [-0.4, -0.2) is 26.2 Å².